The van der Waals surface area contributed by atoms with Gasteiger partial charge in [-0.05, 0) is 44.6 Å². The molecule has 1 amide bonds. The van der Waals surface area contributed by atoms with Crippen LogP contribution in [-0.2, 0) is 16.0 Å². The Balaban J connectivity index is 1.62. The second kappa shape index (κ2) is 6.70. The number of aromatic amines is 1. The maximum Gasteiger partial charge on any atom is 0.220 e. The van der Waals surface area contributed by atoms with E-state index >= 15 is 0 Å². The van der Waals surface area contributed by atoms with Crippen LogP contribution in [0.25, 0.3) is 0 Å². The van der Waals surface area contributed by atoms with E-state index in [0.717, 1.165) is 50.4 Å². The minimum atomic E-state index is 0.149. The molecule has 1 saturated heterocycles. The van der Waals surface area contributed by atoms with E-state index in [1.165, 1.54) is 5.56 Å². The standard InChI is InChI=1S/C14H23N3O2/c1-10-13(11(2)17-16-10)4-3-6-15-14(18)8-12-5-7-19-9-12/h12H,3-9H2,1-2H3,(H,15,18)(H,16,17). The lowest BCUT2D eigenvalue weighted by molar-refractivity contribution is -0.122. The first kappa shape index (κ1) is 14.1. The average molecular weight is 265 g/mol. The molecule has 106 valence electrons. The number of aromatic nitrogens is 2. The summed E-state index contributed by atoms with van der Waals surface area (Å²) in [6.45, 7) is 6.32. The van der Waals surface area contributed by atoms with E-state index in [4.69, 9.17) is 4.74 Å². The normalized spacial score (nSPS) is 18.7. The summed E-state index contributed by atoms with van der Waals surface area (Å²) in [5.74, 6) is 0.564. The number of H-pyrrole nitrogens is 1. The van der Waals surface area contributed by atoms with Gasteiger partial charge in [-0.1, -0.05) is 0 Å². The van der Waals surface area contributed by atoms with Crippen molar-refractivity contribution in [2.45, 2.75) is 39.5 Å². The number of hydrogen-bond donors (Lipinski definition) is 2. The first-order valence-electron chi connectivity index (χ1n) is 7.01. The van der Waals surface area contributed by atoms with Gasteiger partial charge < -0.3 is 10.1 Å². The van der Waals surface area contributed by atoms with Crippen LogP contribution in [0.1, 0.15) is 36.2 Å². The summed E-state index contributed by atoms with van der Waals surface area (Å²) in [4.78, 5) is 11.7. The van der Waals surface area contributed by atoms with E-state index in [1.54, 1.807) is 0 Å². The van der Waals surface area contributed by atoms with Gasteiger partial charge in [-0.25, -0.2) is 0 Å². The second-order valence-corrected chi connectivity index (χ2v) is 5.30. The van der Waals surface area contributed by atoms with Gasteiger partial charge in [0.05, 0.1) is 5.69 Å². The zero-order chi connectivity index (χ0) is 13.7. The first-order chi connectivity index (χ1) is 9.16. The quantitative estimate of drug-likeness (QED) is 0.766. The molecule has 1 aromatic rings. The molecule has 0 aromatic carbocycles. The molecule has 1 atom stereocenters. The summed E-state index contributed by atoms with van der Waals surface area (Å²) in [6, 6.07) is 0. The fourth-order valence-corrected chi connectivity index (χ4v) is 2.51. The van der Waals surface area contributed by atoms with Crippen LogP contribution in [0.15, 0.2) is 0 Å². The van der Waals surface area contributed by atoms with Gasteiger partial charge >= 0.3 is 0 Å². The van der Waals surface area contributed by atoms with Crippen molar-refractivity contribution in [2.75, 3.05) is 19.8 Å². The molecule has 0 saturated carbocycles. The molecule has 0 spiro atoms. The average Bonchev–Trinajstić information content (AvgIpc) is 2.98. The van der Waals surface area contributed by atoms with Crippen molar-refractivity contribution in [3.63, 3.8) is 0 Å². The van der Waals surface area contributed by atoms with Gasteiger partial charge in [-0.3, -0.25) is 9.89 Å². The largest absolute Gasteiger partial charge is 0.381 e. The molecule has 5 heteroatoms. The predicted octanol–water partition coefficient (Wildman–Crippen LogP) is 1.50. The fourth-order valence-electron chi connectivity index (χ4n) is 2.51. The number of carbonyl (C=O) groups excluding carboxylic acids is 1. The zero-order valence-corrected chi connectivity index (χ0v) is 11.8. The van der Waals surface area contributed by atoms with Crippen molar-refractivity contribution >= 4 is 5.91 Å². The molecule has 19 heavy (non-hydrogen) atoms. The molecule has 1 aromatic heterocycles. The summed E-state index contributed by atoms with van der Waals surface area (Å²) in [5, 5.41) is 10.1. The van der Waals surface area contributed by atoms with Crippen LogP contribution in [0.2, 0.25) is 0 Å². The van der Waals surface area contributed by atoms with E-state index in [9.17, 15) is 4.79 Å². The van der Waals surface area contributed by atoms with E-state index < -0.39 is 0 Å². The Bertz CT molecular complexity index is 403. The van der Waals surface area contributed by atoms with E-state index in [1.807, 2.05) is 13.8 Å². The SMILES string of the molecule is Cc1n[nH]c(C)c1CCCNC(=O)CC1CCOC1. The van der Waals surface area contributed by atoms with E-state index in [2.05, 4.69) is 15.5 Å². The number of nitrogens with zero attached hydrogens (tertiary/aromatic N) is 1. The minimum absolute atomic E-state index is 0.149. The molecule has 0 bridgehead atoms. The zero-order valence-electron chi connectivity index (χ0n) is 11.8. The Morgan fingerprint density at radius 1 is 1.53 bits per heavy atom. The molecule has 0 aliphatic carbocycles. The summed E-state index contributed by atoms with van der Waals surface area (Å²) >= 11 is 0. The number of hydrogen-bond acceptors (Lipinski definition) is 3. The van der Waals surface area contributed by atoms with Gasteiger partial charge in [0.1, 0.15) is 0 Å². The van der Waals surface area contributed by atoms with Crippen molar-refractivity contribution in [1.82, 2.24) is 15.5 Å². The van der Waals surface area contributed by atoms with E-state index in [0.29, 0.717) is 12.3 Å². The van der Waals surface area contributed by atoms with Crippen molar-refractivity contribution in [2.24, 2.45) is 5.92 Å². The predicted molar refractivity (Wildman–Crippen MR) is 72.9 cm³/mol. The Morgan fingerprint density at radius 3 is 3.00 bits per heavy atom. The molecule has 1 aliphatic heterocycles. The van der Waals surface area contributed by atoms with Crippen LogP contribution < -0.4 is 5.32 Å². The maximum absolute atomic E-state index is 11.7. The summed E-state index contributed by atoms with van der Waals surface area (Å²) < 4.78 is 5.27. The van der Waals surface area contributed by atoms with E-state index in [-0.39, 0.29) is 5.91 Å². The molecular weight excluding hydrogens is 242 g/mol. The lowest BCUT2D eigenvalue weighted by atomic mass is 10.0. The van der Waals surface area contributed by atoms with Crippen LogP contribution in [0, 0.1) is 19.8 Å². The van der Waals surface area contributed by atoms with Crippen molar-refractivity contribution < 1.29 is 9.53 Å². The molecule has 1 unspecified atom stereocenters. The molecule has 1 aliphatic rings. The number of rotatable bonds is 6. The van der Waals surface area contributed by atoms with Crippen LogP contribution in [0.5, 0.6) is 0 Å². The highest BCUT2D eigenvalue weighted by molar-refractivity contribution is 5.76. The fraction of sp³-hybridized carbons (Fsp3) is 0.714. The third kappa shape index (κ3) is 4.06. The molecule has 2 rings (SSSR count). The number of aryl methyl sites for hydroxylation is 2. The number of ether oxygens (including phenoxy) is 1. The first-order valence-corrected chi connectivity index (χ1v) is 7.01. The van der Waals surface area contributed by atoms with Crippen LogP contribution >= 0.6 is 0 Å². The Kier molecular flexibility index (Phi) is 4.96. The van der Waals surface area contributed by atoms with Crippen LogP contribution in [-0.4, -0.2) is 35.9 Å². The minimum Gasteiger partial charge on any atom is -0.381 e. The third-order valence-electron chi connectivity index (χ3n) is 3.70. The molecule has 2 N–H and O–H groups in total. The van der Waals surface area contributed by atoms with Gasteiger partial charge in [0, 0.05) is 31.9 Å². The van der Waals surface area contributed by atoms with Crippen molar-refractivity contribution in [1.29, 1.82) is 0 Å². The molecule has 0 radical (unpaired) electrons. The van der Waals surface area contributed by atoms with Crippen LogP contribution in [0.3, 0.4) is 0 Å². The smallest absolute Gasteiger partial charge is 0.220 e. The van der Waals surface area contributed by atoms with Crippen molar-refractivity contribution in [3.05, 3.63) is 17.0 Å². The second-order valence-electron chi connectivity index (χ2n) is 5.30. The Morgan fingerprint density at radius 2 is 2.37 bits per heavy atom. The van der Waals surface area contributed by atoms with Gasteiger partial charge in [0.2, 0.25) is 5.91 Å². The number of nitrogens with one attached hydrogen (secondary N) is 2. The Labute approximate surface area is 114 Å². The lowest BCUT2D eigenvalue weighted by Gasteiger charge is -2.08. The number of carbonyl (C=O) groups is 1. The lowest BCUT2D eigenvalue weighted by Crippen LogP contribution is -2.27. The molecule has 5 nitrogen and oxygen atoms in total. The summed E-state index contributed by atoms with van der Waals surface area (Å²) in [6.07, 6.45) is 3.53. The van der Waals surface area contributed by atoms with Gasteiger partial charge in [-0.15, -0.1) is 0 Å². The topological polar surface area (TPSA) is 67.0 Å². The number of amides is 1. The Hall–Kier alpha value is -1.36. The summed E-state index contributed by atoms with van der Waals surface area (Å²) in [7, 11) is 0. The molecule has 1 fully saturated rings. The summed E-state index contributed by atoms with van der Waals surface area (Å²) in [5.41, 5.74) is 3.47. The third-order valence-corrected chi connectivity index (χ3v) is 3.70. The maximum atomic E-state index is 11.7. The highest BCUT2D eigenvalue weighted by Crippen LogP contribution is 2.16. The molecular formula is C14H23N3O2. The van der Waals surface area contributed by atoms with Gasteiger partial charge in [0.25, 0.3) is 0 Å². The van der Waals surface area contributed by atoms with Crippen LogP contribution in [0.4, 0.5) is 0 Å². The monoisotopic (exact) mass is 265 g/mol. The van der Waals surface area contributed by atoms with Crippen molar-refractivity contribution in [3.8, 4) is 0 Å². The van der Waals surface area contributed by atoms with Gasteiger partial charge in [0.15, 0.2) is 0 Å². The van der Waals surface area contributed by atoms with Gasteiger partial charge in [-0.2, -0.15) is 5.10 Å². The molecule has 2 heterocycles. The highest BCUT2D eigenvalue weighted by atomic mass is 16.5. The highest BCUT2D eigenvalue weighted by Gasteiger charge is 2.18.